The van der Waals surface area contributed by atoms with Crippen molar-refractivity contribution in [3.8, 4) is 28.8 Å². The molecule has 0 fully saturated rings. The fraction of sp³-hybridized carbons (Fsp3) is 0.286. The monoisotopic (exact) mass is 427 g/mol. The average molecular weight is 427 g/mol. The van der Waals surface area contributed by atoms with Crippen LogP contribution < -0.4 is 0 Å². The first-order valence-electron chi connectivity index (χ1n) is 9.01. The summed E-state index contributed by atoms with van der Waals surface area (Å²) in [6.45, 7) is 1.73. The van der Waals surface area contributed by atoms with Gasteiger partial charge in [-0.05, 0) is 38.7 Å². The largest absolute Gasteiger partial charge is 0.507 e. The number of rotatable bonds is 6. The van der Waals surface area contributed by atoms with E-state index in [0.29, 0.717) is 6.54 Å². The van der Waals surface area contributed by atoms with Crippen LogP contribution in [0.5, 0.6) is 5.75 Å². The molecule has 0 unspecified atom stereocenters. The van der Waals surface area contributed by atoms with Crippen molar-refractivity contribution in [2.45, 2.75) is 6.92 Å². The lowest BCUT2D eigenvalue weighted by molar-refractivity contribution is -0.384. The van der Waals surface area contributed by atoms with Crippen molar-refractivity contribution in [3.63, 3.8) is 0 Å². The molecule has 0 saturated heterocycles. The molecule has 0 amide bonds. The molecule has 0 atom stereocenters. The van der Waals surface area contributed by atoms with E-state index in [1.165, 1.54) is 31.3 Å². The van der Waals surface area contributed by atoms with E-state index in [1.54, 1.807) is 0 Å². The van der Waals surface area contributed by atoms with Gasteiger partial charge in [-0.3, -0.25) is 15.0 Å². The molecule has 0 spiro atoms. The second kappa shape index (κ2) is 10.2. The Morgan fingerprint density at radius 1 is 1.26 bits per heavy atom. The van der Waals surface area contributed by atoms with Gasteiger partial charge in [-0.15, -0.1) is 0 Å². The number of phenols is 1. The molecule has 0 radical (unpaired) electrons. The van der Waals surface area contributed by atoms with Crippen molar-refractivity contribution in [1.29, 1.82) is 0 Å². The van der Waals surface area contributed by atoms with E-state index in [1.807, 2.05) is 19.0 Å². The molecule has 1 aromatic heterocycles. The molecular weight excluding hydrogens is 406 g/mol. The summed E-state index contributed by atoms with van der Waals surface area (Å²) in [5, 5.41) is 21.9. The van der Waals surface area contributed by atoms with Crippen LogP contribution in [0.15, 0.2) is 24.4 Å². The normalized spacial score (nSPS) is 10.2. The number of aryl methyl sites for hydroxylation is 1. The van der Waals surface area contributed by atoms with Crippen molar-refractivity contribution in [2.75, 3.05) is 34.4 Å². The third kappa shape index (κ3) is 5.34. The number of methoxy groups -OCH3 is 1. The number of esters is 2. The van der Waals surface area contributed by atoms with Crippen molar-refractivity contribution < 1.29 is 29.1 Å². The van der Waals surface area contributed by atoms with E-state index >= 15 is 0 Å². The molecule has 162 valence electrons. The summed E-state index contributed by atoms with van der Waals surface area (Å²) in [5.41, 5.74) is -1.35. The zero-order valence-corrected chi connectivity index (χ0v) is 17.5. The van der Waals surface area contributed by atoms with E-state index in [4.69, 9.17) is 9.47 Å². The van der Waals surface area contributed by atoms with E-state index in [0.717, 1.165) is 7.11 Å². The van der Waals surface area contributed by atoms with Gasteiger partial charge in [-0.1, -0.05) is 11.8 Å². The first-order valence-corrected chi connectivity index (χ1v) is 9.01. The predicted molar refractivity (Wildman–Crippen MR) is 111 cm³/mol. The number of nitro groups is 1. The highest BCUT2D eigenvalue weighted by molar-refractivity contribution is 6.09. The maximum atomic E-state index is 12.9. The van der Waals surface area contributed by atoms with Crippen LogP contribution in [0.1, 0.15) is 26.3 Å². The Morgan fingerprint density at radius 2 is 1.97 bits per heavy atom. The van der Waals surface area contributed by atoms with Crippen LogP contribution in [-0.4, -0.2) is 66.2 Å². The number of aromatic hydroxyl groups is 1. The van der Waals surface area contributed by atoms with Crippen LogP contribution in [0.2, 0.25) is 0 Å². The first-order chi connectivity index (χ1) is 14.7. The van der Waals surface area contributed by atoms with E-state index in [2.05, 4.69) is 16.8 Å². The molecule has 0 aliphatic carbocycles. The summed E-state index contributed by atoms with van der Waals surface area (Å²) in [7, 11) is 4.75. The third-order valence-electron chi connectivity index (χ3n) is 4.11. The molecule has 0 bridgehead atoms. The van der Waals surface area contributed by atoms with Gasteiger partial charge in [0.1, 0.15) is 17.0 Å². The van der Waals surface area contributed by atoms with E-state index < -0.39 is 33.9 Å². The number of benzene rings is 1. The molecule has 31 heavy (non-hydrogen) atoms. The van der Waals surface area contributed by atoms with Crippen LogP contribution >= 0.6 is 0 Å². The Hall–Kier alpha value is -3.97. The van der Waals surface area contributed by atoms with Gasteiger partial charge < -0.3 is 14.6 Å². The molecule has 0 aliphatic heterocycles. The maximum absolute atomic E-state index is 12.9. The number of nitrogens with zero attached hydrogens (tertiary/aromatic N) is 3. The number of phenolic OH excluding ortho intramolecular Hbond substituents is 1. The summed E-state index contributed by atoms with van der Waals surface area (Å²) in [5.74, 6) is 3.11. The second-order valence-corrected chi connectivity index (χ2v) is 6.62. The van der Waals surface area contributed by atoms with Gasteiger partial charge in [0.2, 0.25) is 0 Å². The highest BCUT2D eigenvalue weighted by Gasteiger charge is 2.32. The highest BCUT2D eigenvalue weighted by Crippen LogP contribution is 2.39. The maximum Gasteiger partial charge on any atom is 0.342 e. The highest BCUT2D eigenvalue weighted by atomic mass is 16.6. The fourth-order valence-electron chi connectivity index (χ4n) is 2.78. The van der Waals surface area contributed by atoms with Crippen LogP contribution in [0, 0.1) is 28.9 Å². The zero-order valence-electron chi connectivity index (χ0n) is 17.5. The van der Waals surface area contributed by atoms with Gasteiger partial charge in [0, 0.05) is 17.8 Å². The van der Waals surface area contributed by atoms with Crippen LogP contribution in [0.3, 0.4) is 0 Å². The Labute approximate surface area is 178 Å². The van der Waals surface area contributed by atoms with E-state index in [-0.39, 0.29) is 29.0 Å². The van der Waals surface area contributed by atoms with Crippen molar-refractivity contribution in [1.82, 2.24) is 9.88 Å². The average Bonchev–Trinajstić information content (AvgIpc) is 2.72. The summed E-state index contributed by atoms with van der Waals surface area (Å²) < 4.78 is 9.91. The first kappa shape index (κ1) is 23.3. The molecule has 1 N–H and O–H groups in total. The van der Waals surface area contributed by atoms with Gasteiger partial charge in [0.05, 0.1) is 24.1 Å². The van der Waals surface area contributed by atoms with Gasteiger partial charge >= 0.3 is 11.9 Å². The lowest BCUT2D eigenvalue weighted by atomic mass is 9.92. The number of pyridine rings is 1. The SMILES string of the molecule is COC(=O)c1c(O)cc(C)c(C(=O)OCC#CCN(C)C)c1-c1ncccc1[N+](=O)[O-]. The molecule has 1 heterocycles. The number of aromatic nitrogens is 1. The number of carbonyl (C=O) groups is 2. The van der Waals surface area contributed by atoms with E-state index in [9.17, 15) is 24.8 Å². The quantitative estimate of drug-likeness (QED) is 0.319. The molecule has 10 nitrogen and oxygen atoms in total. The standard InChI is InChI=1S/C21H21N3O7/c1-13-12-15(25)17(20(26)30-4)18(19-14(24(28)29)8-7-9-22-19)16(13)21(27)31-11-6-5-10-23(2)3/h7-9,12,25H,10-11H2,1-4H3. The van der Waals surface area contributed by atoms with Crippen LogP contribution in [-0.2, 0) is 9.47 Å². The number of hydrogen-bond acceptors (Lipinski definition) is 9. The third-order valence-corrected chi connectivity index (χ3v) is 4.11. The molecule has 1 aromatic carbocycles. The number of carbonyl (C=O) groups excluding carboxylic acids is 2. The number of hydrogen-bond donors (Lipinski definition) is 1. The Balaban J connectivity index is 2.69. The van der Waals surface area contributed by atoms with Gasteiger partial charge in [-0.25, -0.2) is 14.6 Å². The molecule has 2 rings (SSSR count). The van der Waals surface area contributed by atoms with Gasteiger partial charge in [0.25, 0.3) is 5.69 Å². The minimum atomic E-state index is -0.993. The van der Waals surface area contributed by atoms with Gasteiger partial charge in [0.15, 0.2) is 6.61 Å². The molecule has 0 saturated carbocycles. The smallest absolute Gasteiger partial charge is 0.342 e. The minimum Gasteiger partial charge on any atom is -0.507 e. The van der Waals surface area contributed by atoms with Gasteiger partial charge in [-0.2, -0.15) is 0 Å². The summed E-state index contributed by atoms with van der Waals surface area (Å²) in [6, 6.07) is 3.69. The molecule has 0 aliphatic rings. The summed E-state index contributed by atoms with van der Waals surface area (Å²) >= 11 is 0. The van der Waals surface area contributed by atoms with Crippen molar-refractivity contribution in [3.05, 3.63) is 51.2 Å². The Morgan fingerprint density at radius 3 is 2.58 bits per heavy atom. The fourth-order valence-corrected chi connectivity index (χ4v) is 2.78. The topological polar surface area (TPSA) is 132 Å². The zero-order chi connectivity index (χ0) is 23.1. The molecule has 2 aromatic rings. The lowest BCUT2D eigenvalue weighted by Gasteiger charge is -2.16. The molecule has 10 heteroatoms. The lowest BCUT2D eigenvalue weighted by Crippen LogP contribution is -2.15. The Bertz CT molecular complexity index is 1080. The second-order valence-electron chi connectivity index (χ2n) is 6.62. The minimum absolute atomic E-state index is 0.158. The summed E-state index contributed by atoms with van der Waals surface area (Å²) in [4.78, 5) is 42.0. The Kier molecular flexibility index (Phi) is 7.65. The molecular formula is C21H21N3O7. The summed E-state index contributed by atoms with van der Waals surface area (Å²) in [6.07, 6.45) is 1.27. The predicted octanol–water partition coefficient (Wildman–Crippen LogP) is 2.18. The number of ether oxygens (including phenoxy) is 2. The van der Waals surface area contributed by atoms with Crippen molar-refractivity contribution in [2.24, 2.45) is 0 Å². The van der Waals surface area contributed by atoms with Crippen LogP contribution in [0.25, 0.3) is 11.3 Å². The van der Waals surface area contributed by atoms with Crippen LogP contribution in [0.4, 0.5) is 5.69 Å². The van der Waals surface area contributed by atoms with Crippen molar-refractivity contribution >= 4 is 17.6 Å².